The molecule has 0 saturated carbocycles. The Morgan fingerprint density at radius 1 is 1.09 bits per heavy atom. The lowest BCUT2D eigenvalue weighted by Crippen LogP contribution is -2.23. The van der Waals surface area contributed by atoms with E-state index < -0.39 is 31.9 Å². The fourth-order valence-electron chi connectivity index (χ4n) is 3.45. The summed E-state index contributed by atoms with van der Waals surface area (Å²) in [6.45, 7) is 0.192. The molecule has 0 bridgehead atoms. The molecule has 174 valence electrons. The quantitative estimate of drug-likeness (QED) is 0.372. The van der Waals surface area contributed by atoms with Crippen molar-refractivity contribution in [2.45, 2.75) is 16.3 Å². The van der Waals surface area contributed by atoms with Crippen LogP contribution in [0.4, 0.5) is 0 Å². The normalized spacial score (nSPS) is 11.4. The van der Waals surface area contributed by atoms with Crippen LogP contribution in [0.2, 0.25) is 5.02 Å². The summed E-state index contributed by atoms with van der Waals surface area (Å²) >= 11 is 6.10. The van der Waals surface area contributed by atoms with E-state index in [1.165, 1.54) is 49.6 Å². The van der Waals surface area contributed by atoms with Gasteiger partial charge in [-0.3, -0.25) is 9.59 Å². The molecule has 0 saturated heterocycles. The van der Waals surface area contributed by atoms with Crippen LogP contribution in [0.25, 0.3) is 10.9 Å². The minimum atomic E-state index is -4.33. The first-order chi connectivity index (χ1) is 16.2. The summed E-state index contributed by atoms with van der Waals surface area (Å²) in [4.78, 5) is 26.8. The maximum Gasteiger partial charge on any atom is 0.271 e. The topological polar surface area (TPSA) is 126 Å². The molecule has 1 aromatic heterocycles. The minimum absolute atomic E-state index is 0.0781. The van der Waals surface area contributed by atoms with Crippen molar-refractivity contribution in [1.29, 1.82) is 0 Å². The zero-order chi connectivity index (χ0) is 24.5. The Morgan fingerprint density at radius 2 is 1.79 bits per heavy atom. The van der Waals surface area contributed by atoms with Crippen LogP contribution < -0.4 is 15.6 Å². The number of rotatable bonds is 6. The van der Waals surface area contributed by atoms with Gasteiger partial charge in [-0.2, -0.15) is 0 Å². The first-order valence-corrected chi connectivity index (χ1v) is 11.9. The van der Waals surface area contributed by atoms with E-state index in [4.69, 9.17) is 16.3 Å². The number of carbonyl (C=O) groups is 1. The maximum absolute atomic E-state index is 13.0. The van der Waals surface area contributed by atoms with Crippen molar-refractivity contribution in [3.8, 4) is 11.5 Å². The lowest BCUT2D eigenvalue weighted by atomic mass is 10.1. The molecule has 0 aliphatic heterocycles. The molecule has 1 amide bonds. The number of methoxy groups -OCH3 is 1. The summed E-state index contributed by atoms with van der Waals surface area (Å²) in [6, 6.07) is 16.7. The molecule has 10 heteroatoms. The van der Waals surface area contributed by atoms with Crippen LogP contribution in [0, 0.1) is 0 Å². The number of hydrogen-bond acceptors (Lipinski definition) is 6. The van der Waals surface area contributed by atoms with E-state index in [9.17, 15) is 23.1 Å². The van der Waals surface area contributed by atoms with Crippen molar-refractivity contribution in [1.82, 2.24) is 10.3 Å². The average Bonchev–Trinajstić information content (AvgIpc) is 2.82. The van der Waals surface area contributed by atoms with Crippen LogP contribution in [-0.2, 0) is 16.4 Å². The van der Waals surface area contributed by atoms with Crippen molar-refractivity contribution >= 4 is 38.2 Å². The molecule has 0 aliphatic carbocycles. The van der Waals surface area contributed by atoms with Gasteiger partial charge < -0.3 is 20.1 Å². The van der Waals surface area contributed by atoms with Gasteiger partial charge in [0.05, 0.1) is 17.5 Å². The molecule has 1 heterocycles. The highest BCUT2D eigenvalue weighted by Crippen LogP contribution is 2.32. The number of hydrogen-bond donors (Lipinski definition) is 3. The Balaban J connectivity index is 1.68. The molecule has 0 spiro atoms. The number of pyridine rings is 1. The number of aromatic amines is 1. The van der Waals surface area contributed by atoms with Gasteiger partial charge in [-0.15, -0.1) is 0 Å². The number of sulfone groups is 1. The number of nitrogens with one attached hydrogen (secondary N) is 2. The Kier molecular flexibility index (Phi) is 6.32. The van der Waals surface area contributed by atoms with Crippen molar-refractivity contribution in [2.75, 3.05) is 7.11 Å². The fraction of sp³-hybridized carbons (Fsp3) is 0.0833. The Morgan fingerprint density at radius 3 is 2.47 bits per heavy atom. The second kappa shape index (κ2) is 9.20. The van der Waals surface area contributed by atoms with Gasteiger partial charge in [-0.05, 0) is 54.1 Å². The lowest BCUT2D eigenvalue weighted by molar-refractivity contribution is 0.0951. The minimum Gasteiger partial charge on any atom is -0.506 e. The third-order valence-electron chi connectivity index (χ3n) is 5.24. The number of aromatic hydroxyl groups is 1. The lowest BCUT2D eigenvalue weighted by Gasteiger charge is -2.11. The third-order valence-corrected chi connectivity index (χ3v) is 7.42. The number of ether oxygens (including phenoxy) is 1. The summed E-state index contributed by atoms with van der Waals surface area (Å²) in [5.41, 5.74) is 0.0501. The van der Waals surface area contributed by atoms with Crippen molar-refractivity contribution in [3.63, 3.8) is 0 Å². The van der Waals surface area contributed by atoms with E-state index in [-0.39, 0.29) is 27.9 Å². The Labute approximate surface area is 199 Å². The van der Waals surface area contributed by atoms with Gasteiger partial charge in [0.1, 0.15) is 11.5 Å². The Hall–Kier alpha value is -3.82. The van der Waals surface area contributed by atoms with Gasteiger partial charge in [-0.25, -0.2) is 8.42 Å². The van der Waals surface area contributed by atoms with Crippen LogP contribution in [0.1, 0.15) is 15.9 Å². The highest BCUT2D eigenvalue weighted by Gasteiger charge is 2.27. The zero-order valence-electron chi connectivity index (χ0n) is 17.8. The van der Waals surface area contributed by atoms with Crippen molar-refractivity contribution in [2.24, 2.45) is 0 Å². The van der Waals surface area contributed by atoms with Crippen LogP contribution >= 0.6 is 11.6 Å². The monoisotopic (exact) mass is 498 g/mol. The number of H-pyrrole nitrogens is 1. The average molecular weight is 499 g/mol. The number of halogens is 1. The number of amides is 1. The molecule has 0 fully saturated rings. The molecule has 0 aliphatic rings. The van der Waals surface area contributed by atoms with E-state index in [1.807, 2.05) is 0 Å². The first kappa shape index (κ1) is 23.3. The van der Waals surface area contributed by atoms with Crippen molar-refractivity contribution < 1.29 is 23.1 Å². The van der Waals surface area contributed by atoms with Crippen LogP contribution in [0.15, 0.2) is 81.3 Å². The van der Waals surface area contributed by atoms with E-state index in [0.29, 0.717) is 10.8 Å². The Bertz CT molecular complexity index is 1560. The second-order valence-corrected chi connectivity index (χ2v) is 9.64. The number of carbonyl (C=O) groups excluding carboxylic acids is 1. The zero-order valence-corrected chi connectivity index (χ0v) is 19.4. The van der Waals surface area contributed by atoms with Gasteiger partial charge in [0.15, 0.2) is 4.90 Å². The summed E-state index contributed by atoms with van der Waals surface area (Å²) in [5, 5.41) is 14.0. The molecule has 0 atom stereocenters. The largest absolute Gasteiger partial charge is 0.506 e. The van der Waals surface area contributed by atoms with E-state index in [1.54, 1.807) is 24.3 Å². The molecule has 4 rings (SSSR count). The smallest absolute Gasteiger partial charge is 0.271 e. The first-order valence-electron chi connectivity index (χ1n) is 10.0. The summed E-state index contributed by atoms with van der Waals surface area (Å²) in [5.74, 6) is -0.689. The van der Waals surface area contributed by atoms with E-state index >= 15 is 0 Å². The summed E-state index contributed by atoms with van der Waals surface area (Å²) in [7, 11) is -2.89. The van der Waals surface area contributed by atoms with Crippen LogP contribution in [0.3, 0.4) is 0 Å². The standard InChI is InChI=1S/C24H19ClN2O6S/c1-33-16-7-9-17(10-8-16)34(31,32)22-21(28)18-11-6-14(12-20(18)27-24(22)30)23(29)26-13-15-4-2-3-5-19(15)25/h2-12H,13H2,1H3,(H,26,29)(H2,27,28,30). The predicted molar refractivity (Wildman–Crippen MR) is 127 cm³/mol. The van der Waals surface area contributed by atoms with Crippen LogP contribution in [0.5, 0.6) is 11.5 Å². The molecule has 4 aromatic rings. The molecule has 0 radical (unpaired) electrons. The molecule has 34 heavy (non-hydrogen) atoms. The molecule has 0 unspecified atom stereocenters. The SMILES string of the molecule is COc1ccc(S(=O)(=O)c2c(O)c3ccc(C(=O)NCc4ccccc4Cl)cc3[nH]c2=O)cc1. The molecule has 3 N–H and O–H groups in total. The molecular formula is C24H19ClN2O6S. The third kappa shape index (κ3) is 4.35. The maximum atomic E-state index is 13.0. The van der Waals surface area contributed by atoms with E-state index in [2.05, 4.69) is 10.3 Å². The van der Waals surface area contributed by atoms with Crippen LogP contribution in [-0.4, -0.2) is 31.5 Å². The van der Waals surface area contributed by atoms with Gasteiger partial charge in [0, 0.05) is 22.5 Å². The van der Waals surface area contributed by atoms with E-state index in [0.717, 1.165) is 5.56 Å². The number of fused-ring (bicyclic) bond motifs is 1. The van der Waals surface area contributed by atoms with Crippen molar-refractivity contribution in [3.05, 3.63) is 93.2 Å². The van der Waals surface area contributed by atoms with Gasteiger partial charge in [-0.1, -0.05) is 29.8 Å². The molecular weight excluding hydrogens is 480 g/mol. The van der Waals surface area contributed by atoms with Gasteiger partial charge >= 0.3 is 0 Å². The summed E-state index contributed by atoms with van der Waals surface area (Å²) < 4.78 is 31.1. The van der Waals surface area contributed by atoms with Gasteiger partial charge in [0.2, 0.25) is 9.84 Å². The molecule has 3 aromatic carbocycles. The number of aromatic nitrogens is 1. The fourth-order valence-corrected chi connectivity index (χ4v) is 5.04. The number of benzene rings is 3. The summed E-state index contributed by atoms with van der Waals surface area (Å²) in [6.07, 6.45) is 0. The highest BCUT2D eigenvalue weighted by molar-refractivity contribution is 7.91. The predicted octanol–water partition coefficient (Wildman–Crippen LogP) is 3.66. The van der Waals surface area contributed by atoms with Gasteiger partial charge in [0.25, 0.3) is 11.5 Å². The second-order valence-electron chi connectivity index (χ2n) is 7.35. The molecule has 8 nitrogen and oxygen atoms in total. The highest BCUT2D eigenvalue weighted by atomic mass is 35.5.